The molecule has 5 rings (SSSR count). The number of fused-ring (bicyclic) bond motifs is 3. The quantitative estimate of drug-likeness (QED) is 0.517. The van der Waals surface area contributed by atoms with E-state index in [4.69, 9.17) is 9.57 Å². The van der Waals surface area contributed by atoms with Crippen molar-refractivity contribution in [1.29, 1.82) is 0 Å². The smallest absolute Gasteiger partial charge is 0.160 e. The molecule has 1 aliphatic heterocycles. The second-order valence-electron chi connectivity index (χ2n) is 9.80. The maximum atomic E-state index is 6.67. The zero-order chi connectivity index (χ0) is 22.3. The molecule has 2 aliphatic rings. The van der Waals surface area contributed by atoms with E-state index in [2.05, 4.69) is 91.8 Å². The molecule has 1 N–H and O–H groups in total. The number of hydrogen-bond donors (Lipinski definition) is 1. The highest BCUT2D eigenvalue weighted by molar-refractivity contribution is 5.76. The molecule has 1 atom stereocenters. The van der Waals surface area contributed by atoms with Gasteiger partial charge in [-0.05, 0) is 56.7 Å². The van der Waals surface area contributed by atoms with Gasteiger partial charge in [0.1, 0.15) is 6.04 Å². The highest BCUT2D eigenvalue weighted by atomic mass is 16.7. The normalized spacial score (nSPS) is 17.6. The SMILES string of the molecule is COc1c(NC(C)(C)C)c2c(c3c1C(c1ccccc1)N(Cc1ccccc1)O3)CCC2. The van der Waals surface area contributed by atoms with E-state index in [0.717, 1.165) is 42.0 Å². The van der Waals surface area contributed by atoms with E-state index >= 15 is 0 Å². The third-order valence-electron chi connectivity index (χ3n) is 6.28. The Balaban J connectivity index is 1.70. The van der Waals surface area contributed by atoms with Crippen LogP contribution in [0.4, 0.5) is 5.69 Å². The molecule has 1 heterocycles. The summed E-state index contributed by atoms with van der Waals surface area (Å²) in [5.41, 5.74) is 7.33. The van der Waals surface area contributed by atoms with Crippen LogP contribution < -0.4 is 14.9 Å². The van der Waals surface area contributed by atoms with Crippen molar-refractivity contribution in [3.05, 3.63) is 88.5 Å². The van der Waals surface area contributed by atoms with Gasteiger partial charge in [-0.1, -0.05) is 60.7 Å². The van der Waals surface area contributed by atoms with Gasteiger partial charge in [0.05, 0.1) is 24.9 Å². The average molecular weight is 429 g/mol. The average Bonchev–Trinajstić information content (AvgIpc) is 3.39. The van der Waals surface area contributed by atoms with Crippen LogP contribution in [0.15, 0.2) is 60.7 Å². The second kappa shape index (κ2) is 8.18. The molecule has 0 saturated carbocycles. The third kappa shape index (κ3) is 3.73. The van der Waals surface area contributed by atoms with Gasteiger partial charge in [-0.3, -0.25) is 0 Å². The molecule has 0 amide bonds. The summed E-state index contributed by atoms with van der Waals surface area (Å²) in [5.74, 6) is 1.92. The van der Waals surface area contributed by atoms with Crippen molar-refractivity contribution in [3.63, 3.8) is 0 Å². The van der Waals surface area contributed by atoms with Crippen LogP contribution in [0.1, 0.15) is 61.1 Å². The van der Waals surface area contributed by atoms with Crippen molar-refractivity contribution >= 4 is 5.69 Å². The largest absolute Gasteiger partial charge is 0.494 e. The number of ether oxygens (including phenoxy) is 1. The zero-order valence-electron chi connectivity index (χ0n) is 19.4. The molecule has 1 aliphatic carbocycles. The van der Waals surface area contributed by atoms with Crippen LogP contribution in [0.3, 0.4) is 0 Å². The third-order valence-corrected chi connectivity index (χ3v) is 6.28. The number of hydrogen-bond acceptors (Lipinski definition) is 4. The van der Waals surface area contributed by atoms with E-state index in [9.17, 15) is 0 Å². The van der Waals surface area contributed by atoms with Gasteiger partial charge in [0, 0.05) is 11.1 Å². The summed E-state index contributed by atoms with van der Waals surface area (Å²) in [5, 5.41) is 5.89. The van der Waals surface area contributed by atoms with Crippen LogP contribution in [0, 0.1) is 0 Å². The predicted molar refractivity (Wildman–Crippen MR) is 129 cm³/mol. The molecule has 3 aromatic carbocycles. The van der Waals surface area contributed by atoms with Gasteiger partial charge in [0.2, 0.25) is 0 Å². The van der Waals surface area contributed by atoms with Crippen LogP contribution >= 0.6 is 0 Å². The summed E-state index contributed by atoms with van der Waals surface area (Å²) in [7, 11) is 1.78. The molecule has 4 nitrogen and oxygen atoms in total. The fourth-order valence-electron chi connectivity index (χ4n) is 5.05. The molecular formula is C28H32N2O2. The van der Waals surface area contributed by atoms with Gasteiger partial charge < -0.3 is 14.9 Å². The van der Waals surface area contributed by atoms with Crippen molar-refractivity contribution in [2.45, 2.75) is 58.2 Å². The Bertz CT molecular complexity index is 1100. The van der Waals surface area contributed by atoms with Crippen molar-refractivity contribution in [2.24, 2.45) is 0 Å². The van der Waals surface area contributed by atoms with Gasteiger partial charge in [-0.2, -0.15) is 0 Å². The van der Waals surface area contributed by atoms with E-state index in [1.54, 1.807) is 7.11 Å². The van der Waals surface area contributed by atoms with Crippen LogP contribution in [0.2, 0.25) is 0 Å². The molecule has 4 heteroatoms. The standard InChI is InChI=1S/C28H32N2O2/c1-28(2,3)29-24-21-16-11-17-22(21)26-23(27(24)31-4)25(20-14-9-6-10-15-20)30(32-26)18-19-12-7-5-8-13-19/h5-10,12-15,25,29H,11,16-18H2,1-4H3. The van der Waals surface area contributed by atoms with Gasteiger partial charge in [0.15, 0.2) is 11.5 Å². The first kappa shape index (κ1) is 20.9. The molecule has 0 bridgehead atoms. The number of anilines is 1. The Morgan fingerprint density at radius 1 is 0.969 bits per heavy atom. The second-order valence-corrected chi connectivity index (χ2v) is 9.80. The lowest BCUT2D eigenvalue weighted by Gasteiger charge is -2.28. The molecule has 0 spiro atoms. The summed E-state index contributed by atoms with van der Waals surface area (Å²) in [4.78, 5) is 6.67. The van der Waals surface area contributed by atoms with Crippen molar-refractivity contribution in [1.82, 2.24) is 5.06 Å². The molecule has 166 valence electrons. The minimum atomic E-state index is -0.0662. The molecular weight excluding hydrogens is 396 g/mol. The Kier molecular flexibility index (Phi) is 5.34. The molecule has 0 radical (unpaired) electrons. The minimum absolute atomic E-state index is 0.0345. The predicted octanol–water partition coefficient (Wildman–Crippen LogP) is 6.29. The number of benzene rings is 3. The Hall–Kier alpha value is -2.98. The van der Waals surface area contributed by atoms with E-state index in [-0.39, 0.29) is 11.6 Å². The molecule has 32 heavy (non-hydrogen) atoms. The maximum Gasteiger partial charge on any atom is 0.160 e. The van der Waals surface area contributed by atoms with Crippen LogP contribution in [0.5, 0.6) is 11.5 Å². The van der Waals surface area contributed by atoms with Crippen molar-refractivity contribution in [2.75, 3.05) is 12.4 Å². The number of nitrogens with zero attached hydrogens (tertiary/aromatic N) is 1. The lowest BCUT2D eigenvalue weighted by Crippen LogP contribution is -2.28. The Morgan fingerprint density at radius 3 is 2.28 bits per heavy atom. The zero-order valence-corrected chi connectivity index (χ0v) is 19.4. The topological polar surface area (TPSA) is 33.7 Å². The first-order valence-electron chi connectivity index (χ1n) is 11.5. The maximum absolute atomic E-state index is 6.67. The fraction of sp³-hybridized carbons (Fsp3) is 0.357. The number of rotatable bonds is 5. The monoisotopic (exact) mass is 428 g/mol. The Labute approximate surface area is 191 Å². The molecule has 0 aromatic heterocycles. The molecule has 0 saturated heterocycles. The van der Waals surface area contributed by atoms with Gasteiger partial charge in [-0.15, -0.1) is 5.06 Å². The van der Waals surface area contributed by atoms with Crippen LogP contribution in [0.25, 0.3) is 0 Å². The van der Waals surface area contributed by atoms with E-state index in [0.29, 0.717) is 6.54 Å². The fourth-order valence-corrected chi connectivity index (χ4v) is 5.05. The van der Waals surface area contributed by atoms with Gasteiger partial charge in [-0.25, -0.2) is 0 Å². The van der Waals surface area contributed by atoms with Crippen molar-refractivity contribution in [3.8, 4) is 11.5 Å². The van der Waals surface area contributed by atoms with E-state index in [1.165, 1.54) is 22.3 Å². The molecule has 3 aromatic rings. The van der Waals surface area contributed by atoms with E-state index in [1.807, 2.05) is 0 Å². The Morgan fingerprint density at radius 2 is 1.62 bits per heavy atom. The van der Waals surface area contributed by atoms with E-state index < -0.39 is 0 Å². The van der Waals surface area contributed by atoms with Crippen molar-refractivity contribution < 1.29 is 9.57 Å². The van der Waals surface area contributed by atoms with Gasteiger partial charge >= 0.3 is 0 Å². The summed E-state index contributed by atoms with van der Waals surface area (Å²) in [6, 6.07) is 21.1. The minimum Gasteiger partial charge on any atom is -0.494 e. The number of methoxy groups -OCH3 is 1. The summed E-state index contributed by atoms with van der Waals surface area (Å²) in [6.45, 7) is 7.31. The first-order chi connectivity index (χ1) is 15.5. The van der Waals surface area contributed by atoms with Crippen LogP contribution in [-0.4, -0.2) is 17.7 Å². The summed E-state index contributed by atoms with van der Waals surface area (Å²) in [6.07, 6.45) is 3.24. The lowest BCUT2D eigenvalue weighted by atomic mass is 9.91. The first-order valence-corrected chi connectivity index (χ1v) is 11.5. The van der Waals surface area contributed by atoms with Crippen LogP contribution in [-0.2, 0) is 19.4 Å². The molecule has 0 fully saturated rings. The lowest BCUT2D eigenvalue weighted by molar-refractivity contribution is -0.0689. The summed E-state index contributed by atoms with van der Waals surface area (Å²) < 4.78 is 6.14. The summed E-state index contributed by atoms with van der Waals surface area (Å²) >= 11 is 0. The highest BCUT2D eigenvalue weighted by Gasteiger charge is 2.42. The van der Waals surface area contributed by atoms with Gasteiger partial charge in [0.25, 0.3) is 0 Å². The number of nitrogens with one attached hydrogen (secondary N) is 1. The highest BCUT2D eigenvalue weighted by Crippen LogP contribution is 2.55. The number of hydroxylamine groups is 2. The molecule has 1 unspecified atom stereocenters.